The molecule has 0 spiro atoms. The monoisotopic (exact) mass is 353 g/mol. The quantitative estimate of drug-likeness (QED) is 0.738. The molecule has 2 aromatic heterocycles. The molecule has 0 radical (unpaired) electrons. The summed E-state index contributed by atoms with van der Waals surface area (Å²) in [5.41, 5.74) is 4.79. The minimum absolute atomic E-state index is 0.0151. The van der Waals surface area contributed by atoms with Crippen molar-refractivity contribution in [3.63, 3.8) is 0 Å². The molecule has 1 aromatic carbocycles. The number of benzene rings is 1. The fraction of sp³-hybridized carbons (Fsp3) is 0.450. The first-order valence-electron chi connectivity index (χ1n) is 9.17. The average molecular weight is 353 g/mol. The van der Waals surface area contributed by atoms with Gasteiger partial charge in [-0.15, -0.1) is 0 Å². The molecule has 138 valence electrons. The minimum atomic E-state index is 0.0151. The molecule has 6 nitrogen and oxygen atoms in total. The first-order chi connectivity index (χ1) is 12.4. The number of aromatic nitrogens is 4. The van der Waals surface area contributed by atoms with E-state index in [0.717, 1.165) is 22.6 Å². The fourth-order valence-corrected chi connectivity index (χ4v) is 3.07. The molecule has 0 bridgehead atoms. The maximum Gasteiger partial charge on any atom is 0.272 e. The molecule has 0 atom stereocenters. The number of aryl methyl sites for hydroxylation is 2. The standard InChI is InChI=1S/C20H27N5O/c1-6-25(20(26)18-12-16(13(2)3)23-24(18)5)10-9-19-21-15-8-7-14(4)11-17(15)22-19/h7-8,11-13H,6,9-10H2,1-5H3,(H,21,22). The van der Waals surface area contributed by atoms with E-state index in [1.807, 2.05) is 31.0 Å². The van der Waals surface area contributed by atoms with Gasteiger partial charge in [-0.05, 0) is 43.5 Å². The second kappa shape index (κ2) is 7.32. The number of carbonyl (C=O) groups is 1. The van der Waals surface area contributed by atoms with E-state index in [0.29, 0.717) is 31.1 Å². The Morgan fingerprint density at radius 1 is 1.31 bits per heavy atom. The Morgan fingerprint density at radius 2 is 2.08 bits per heavy atom. The Morgan fingerprint density at radius 3 is 2.73 bits per heavy atom. The molecule has 3 rings (SSSR count). The molecular weight excluding hydrogens is 326 g/mol. The van der Waals surface area contributed by atoms with Crippen molar-refractivity contribution >= 4 is 16.9 Å². The second-order valence-corrected chi connectivity index (χ2v) is 7.07. The highest BCUT2D eigenvalue weighted by atomic mass is 16.2. The van der Waals surface area contributed by atoms with Gasteiger partial charge in [0.15, 0.2) is 0 Å². The van der Waals surface area contributed by atoms with Crippen LogP contribution in [-0.2, 0) is 13.5 Å². The summed E-state index contributed by atoms with van der Waals surface area (Å²) in [7, 11) is 1.83. The molecule has 1 N–H and O–H groups in total. The number of carbonyl (C=O) groups excluding carboxylic acids is 1. The van der Waals surface area contributed by atoms with Crippen LogP contribution in [-0.4, -0.2) is 43.6 Å². The summed E-state index contributed by atoms with van der Waals surface area (Å²) in [5.74, 6) is 1.22. The zero-order chi connectivity index (χ0) is 18.8. The van der Waals surface area contributed by atoms with Crippen LogP contribution in [0.15, 0.2) is 24.3 Å². The maximum absolute atomic E-state index is 12.9. The maximum atomic E-state index is 12.9. The van der Waals surface area contributed by atoms with E-state index in [9.17, 15) is 4.79 Å². The lowest BCUT2D eigenvalue weighted by molar-refractivity contribution is 0.0754. The lowest BCUT2D eigenvalue weighted by Gasteiger charge is -2.20. The molecule has 0 saturated heterocycles. The number of amides is 1. The van der Waals surface area contributed by atoms with Crippen molar-refractivity contribution in [2.45, 2.75) is 40.0 Å². The smallest absolute Gasteiger partial charge is 0.272 e. The third kappa shape index (κ3) is 3.64. The van der Waals surface area contributed by atoms with Gasteiger partial charge in [0.2, 0.25) is 0 Å². The molecule has 0 aliphatic rings. The van der Waals surface area contributed by atoms with E-state index in [1.165, 1.54) is 5.56 Å². The lowest BCUT2D eigenvalue weighted by Crippen LogP contribution is -2.34. The van der Waals surface area contributed by atoms with Crippen LogP contribution >= 0.6 is 0 Å². The molecule has 3 aromatic rings. The third-order valence-corrected chi connectivity index (χ3v) is 4.68. The van der Waals surface area contributed by atoms with E-state index in [-0.39, 0.29) is 5.91 Å². The predicted octanol–water partition coefficient (Wildman–Crippen LogP) is 3.43. The van der Waals surface area contributed by atoms with Crippen molar-refractivity contribution < 1.29 is 4.79 Å². The Kier molecular flexibility index (Phi) is 5.11. The SMILES string of the molecule is CCN(CCc1nc2ccc(C)cc2[nH]1)C(=O)c1cc(C(C)C)nn1C. The largest absolute Gasteiger partial charge is 0.342 e. The average Bonchev–Trinajstić information content (AvgIpc) is 3.18. The fourth-order valence-electron chi connectivity index (χ4n) is 3.07. The van der Waals surface area contributed by atoms with E-state index in [1.54, 1.807) is 4.68 Å². The summed E-state index contributed by atoms with van der Waals surface area (Å²) in [6.45, 7) is 9.50. The molecule has 6 heteroatoms. The summed E-state index contributed by atoms with van der Waals surface area (Å²) < 4.78 is 1.68. The van der Waals surface area contributed by atoms with Gasteiger partial charge in [0.25, 0.3) is 5.91 Å². The number of imidazole rings is 1. The van der Waals surface area contributed by atoms with Crippen LogP contribution in [0.1, 0.15) is 54.3 Å². The topological polar surface area (TPSA) is 66.8 Å². The Labute approximate surface area is 154 Å². The van der Waals surface area contributed by atoms with Crippen LogP contribution in [0.5, 0.6) is 0 Å². The highest BCUT2D eigenvalue weighted by molar-refractivity contribution is 5.92. The van der Waals surface area contributed by atoms with Gasteiger partial charge in [0, 0.05) is 26.6 Å². The van der Waals surface area contributed by atoms with Crippen molar-refractivity contribution in [2.75, 3.05) is 13.1 Å². The van der Waals surface area contributed by atoms with Crippen LogP contribution in [0.4, 0.5) is 0 Å². The van der Waals surface area contributed by atoms with Crippen molar-refractivity contribution in [1.29, 1.82) is 0 Å². The van der Waals surface area contributed by atoms with Crippen LogP contribution in [0.2, 0.25) is 0 Å². The highest BCUT2D eigenvalue weighted by Crippen LogP contribution is 2.16. The van der Waals surface area contributed by atoms with Crippen LogP contribution < -0.4 is 0 Å². The van der Waals surface area contributed by atoms with E-state index in [2.05, 4.69) is 48.0 Å². The van der Waals surface area contributed by atoms with E-state index < -0.39 is 0 Å². The molecule has 2 heterocycles. The van der Waals surface area contributed by atoms with Crippen LogP contribution in [0.3, 0.4) is 0 Å². The molecule has 1 amide bonds. The summed E-state index contributed by atoms with van der Waals surface area (Å²) in [4.78, 5) is 22.7. The molecule has 0 aliphatic heterocycles. The molecule has 0 saturated carbocycles. The minimum Gasteiger partial charge on any atom is -0.342 e. The van der Waals surface area contributed by atoms with Gasteiger partial charge < -0.3 is 9.88 Å². The van der Waals surface area contributed by atoms with Crippen molar-refractivity contribution in [2.24, 2.45) is 7.05 Å². The number of likely N-dealkylation sites (N-methyl/N-ethyl adjacent to an activating group) is 1. The van der Waals surface area contributed by atoms with Crippen molar-refractivity contribution in [1.82, 2.24) is 24.6 Å². The van der Waals surface area contributed by atoms with Crippen molar-refractivity contribution in [3.05, 3.63) is 47.0 Å². The Balaban J connectivity index is 1.73. The normalized spacial score (nSPS) is 11.5. The van der Waals surface area contributed by atoms with Crippen LogP contribution in [0.25, 0.3) is 11.0 Å². The van der Waals surface area contributed by atoms with E-state index in [4.69, 9.17) is 0 Å². The number of hydrogen-bond donors (Lipinski definition) is 1. The van der Waals surface area contributed by atoms with Gasteiger partial charge >= 0.3 is 0 Å². The van der Waals surface area contributed by atoms with Gasteiger partial charge in [-0.3, -0.25) is 9.48 Å². The first-order valence-corrected chi connectivity index (χ1v) is 9.17. The first kappa shape index (κ1) is 18.2. The Hall–Kier alpha value is -2.63. The predicted molar refractivity (Wildman–Crippen MR) is 103 cm³/mol. The Bertz CT molecular complexity index is 922. The molecular formula is C20H27N5O. The second-order valence-electron chi connectivity index (χ2n) is 7.07. The summed E-state index contributed by atoms with van der Waals surface area (Å²) in [5, 5.41) is 4.45. The number of aromatic amines is 1. The lowest BCUT2D eigenvalue weighted by atomic mass is 10.1. The van der Waals surface area contributed by atoms with Gasteiger partial charge in [0.1, 0.15) is 11.5 Å². The summed E-state index contributed by atoms with van der Waals surface area (Å²) >= 11 is 0. The van der Waals surface area contributed by atoms with Crippen molar-refractivity contribution in [3.8, 4) is 0 Å². The molecule has 0 aliphatic carbocycles. The van der Waals surface area contributed by atoms with Gasteiger partial charge in [0.05, 0.1) is 16.7 Å². The number of nitrogens with one attached hydrogen (secondary N) is 1. The number of nitrogens with zero attached hydrogens (tertiary/aromatic N) is 4. The van der Waals surface area contributed by atoms with Crippen LogP contribution in [0, 0.1) is 6.92 Å². The number of fused-ring (bicyclic) bond motifs is 1. The number of H-pyrrole nitrogens is 1. The van der Waals surface area contributed by atoms with Gasteiger partial charge in [-0.2, -0.15) is 5.10 Å². The molecule has 0 unspecified atom stereocenters. The summed E-state index contributed by atoms with van der Waals surface area (Å²) in [6, 6.07) is 8.08. The zero-order valence-electron chi connectivity index (χ0n) is 16.2. The summed E-state index contributed by atoms with van der Waals surface area (Å²) in [6.07, 6.45) is 0.697. The zero-order valence-corrected chi connectivity index (χ0v) is 16.2. The van der Waals surface area contributed by atoms with Gasteiger partial charge in [-0.1, -0.05) is 19.9 Å². The highest BCUT2D eigenvalue weighted by Gasteiger charge is 2.20. The third-order valence-electron chi connectivity index (χ3n) is 4.68. The van der Waals surface area contributed by atoms with E-state index >= 15 is 0 Å². The molecule has 26 heavy (non-hydrogen) atoms. The number of hydrogen-bond acceptors (Lipinski definition) is 3. The van der Waals surface area contributed by atoms with Gasteiger partial charge in [-0.25, -0.2) is 4.98 Å². The molecule has 0 fully saturated rings. The number of rotatable bonds is 6.